The van der Waals surface area contributed by atoms with Crippen molar-refractivity contribution in [3.05, 3.63) is 58.6 Å². The molecule has 0 saturated heterocycles. The normalized spacial score (nSPS) is 12.5. The van der Waals surface area contributed by atoms with E-state index in [1.807, 2.05) is 31.2 Å². The minimum atomic E-state index is -3.74. The second-order valence-electron chi connectivity index (χ2n) is 4.94. The van der Waals surface area contributed by atoms with Crippen LogP contribution in [0.2, 0.25) is 0 Å². The fourth-order valence-electron chi connectivity index (χ4n) is 1.95. The fourth-order valence-corrected chi connectivity index (χ4v) is 2.88. The third-order valence-electron chi connectivity index (χ3n) is 3.14. The molecule has 23 heavy (non-hydrogen) atoms. The van der Waals surface area contributed by atoms with Crippen LogP contribution in [0.15, 0.2) is 57.9 Å². The van der Waals surface area contributed by atoms with Crippen molar-refractivity contribution >= 4 is 37.7 Å². The number of carbonyl (C=O) groups excluding carboxylic acids is 1. The molecule has 0 fully saturated rings. The van der Waals surface area contributed by atoms with E-state index in [1.165, 1.54) is 24.3 Å². The molecule has 0 aromatic heterocycles. The molecule has 4 N–H and O–H groups in total. The molecule has 0 heterocycles. The van der Waals surface area contributed by atoms with E-state index in [0.717, 1.165) is 10.0 Å². The number of anilines is 1. The van der Waals surface area contributed by atoms with E-state index in [4.69, 9.17) is 5.14 Å². The van der Waals surface area contributed by atoms with Crippen molar-refractivity contribution in [1.29, 1.82) is 0 Å². The second kappa shape index (κ2) is 7.12. The first-order chi connectivity index (χ1) is 10.8. The molecule has 122 valence electrons. The lowest BCUT2D eigenvalue weighted by atomic mass is 10.1. The first-order valence-corrected chi connectivity index (χ1v) is 9.05. The van der Waals surface area contributed by atoms with Crippen LogP contribution in [0.3, 0.4) is 0 Å². The second-order valence-corrected chi connectivity index (χ2v) is 7.42. The first kappa shape index (κ1) is 17.5. The number of hydrogen-bond donors (Lipinski definition) is 3. The van der Waals surface area contributed by atoms with Gasteiger partial charge in [0.25, 0.3) is 0 Å². The van der Waals surface area contributed by atoms with E-state index >= 15 is 0 Å². The van der Waals surface area contributed by atoms with Gasteiger partial charge in [-0.3, -0.25) is 0 Å². The van der Waals surface area contributed by atoms with E-state index in [1.54, 1.807) is 0 Å². The molecule has 2 amide bonds. The lowest BCUT2D eigenvalue weighted by Gasteiger charge is -2.15. The molecule has 1 atom stereocenters. The maximum atomic E-state index is 12.0. The Balaban J connectivity index is 1.99. The van der Waals surface area contributed by atoms with Crippen molar-refractivity contribution in [3.8, 4) is 0 Å². The highest BCUT2D eigenvalue weighted by atomic mass is 79.9. The summed E-state index contributed by atoms with van der Waals surface area (Å²) in [5, 5.41) is 10.5. The molecule has 1 unspecified atom stereocenters. The lowest BCUT2D eigenvalue weighted by Crippen LogP contribution is -2.31. The van der Waals surface area contributed by atoms with Crippen LogP contribution in [0.5, 0.6) is 0 Å². The van der Waals surface area contributed by atoms with Gasteiger partial charge in [0, 0.05) is 10.2 Å². The Hall–Kier alpha value is -1.90. The van der Waals surface area contributed by atoms with E-state index in [2.05, 4.69) is 26.6 Å². The number of sulfonamides is 1. The summed E-state index contributed by atoms with van der Waals surface area (Å²) < 4.78 is 23.3. The summed E-state index contributed by atoms with van der Waals surface area (Å²) in [7, 11) is -3.74. The number of urea groups is 1. The molecule has 0 saturated carbocycles. The molecule has 0 aliphatic rings. The Morgan fingerprint density at radius 1 is 1.17 bits per heavy atom. The summed E-state index contributed by atoms with van der Waals surface area (Å²) in [4.78, 5) is 12.0. The molecule has 8 heteroatoms. The number of hydrogen-bond acceptors (Lipinski definition) is 3. The van der Waals surface area contributed by atoms with Crippen LogP contribution in [0, 0.1) is 0 Å². The van der Waals surface area contributed by atoms with Gasteiger partial charge in [-0.05, 0) is 48.9 Å². The number of amides is 2. The zero-order valence-corrected chi connectivity index (χ0v) is 14.7. The number of nitrogens with two attached hydrogens (primary N) is 1. The van der Waals surface area contributed by atoms with Crippen LogP contribution in [-0.2, 0) is 10.0 Å². The monoisotopic (exact) mass is 397 g/mol. The molecule has 2 rings (SSSR count). The standard InChI is InChI=1S/C15H16BrN3O3S/c1-10(11-3-2-4-12(16)9-11)18-15(20)19-13-5-7-14(8-6-13)23(17,21)22/h2-10H,1H3,(H2,17,21,22)(H2,18,19,20). The Morgan fingerprint density at radius 2 is 1.83 bits per heavy atom. The van der Waals surface area contributed by atoms with Crippen LogP contribution in [0.4, 0.5) is 10.5 Å². The molecule has 0 aliphatic heterocycles. The van der Waals surface area contributed by atoms with E-state index in [9.17, 15) is 13.2 Å². The van der Waals surface area contributed by atoms with Crippen molar-refractivity contribution < 1.29 is 13.2 Å². The SMILES string of the molecule is CC(NC(=O)Nc1ccc(S(N)(=O)=O)cc1)c1cccc(Br)c1. The number of carbonyl (C=O) groups is 1. The number of halogens is 1. The van der Waals surface area contributed by atoms with Crippen LogP contribution < -0.4 is 15.8 Å². The van der Waals surface area contributed by atoms with Crippen molar-refractivity contribution in [1.82, 2.24) is 5.32 Å². The van der Waals surface area contributed by atoms with E-state index in [0.29, 0.717) is 5.69 Å². The fraction of sp³-hybridized carbons (Fsp3) is 0.133. The maximum Gasteiger partial charge on any atom is 0.319 e. The van der Waals surface area contributed by atoms with Gasteiger partial charge in [0.2, 0.25) is 10.0 Å². The zero-order valence-electron chi connectivity index (χ0n) is 12.3. The minimum Gasteiger partial charge on any atom is -0.331 e. The van der Waals surface area contributed by atoms with Crippen LogP contribution in [0.1, 0.15) is 18.5 Å². The summed E-state index contributed by atoms with van der Waals surface area (Å²) in [5.41, 5.74) is 1.43. The van der Waals surface area contributed by atoms with Gasteiger partial charge in [0.05, 0.1) is 10.9 Å². The predicted octanol–water partition coefficient (Wildman–Crippen LogP) is 2.98. The molecule has 2 aromatic carbocycles. The van der Waals surface area contributed by atoms with Crippen molar-refractivity contribution in [2.45, 2.75) is 17.9 Å². The van der Waals surface area contributed by atoms with Gasteiger partial charge in [0.15, 0.2) is 0 Å². The average Bonchev–Trinajstić information content (AvgIpc) is 2.46. The highest BCUT2D eigenvalue weighted by molar-refractivity contribution is 9.10. The van der Waals surface area contributed by atoms with E-state index < -0.39 is 10.0 Å². The Kier molecular flexibility index (Phi) is 5.40. The molecule has 6 nitrogen and oxygen atoms in total. The van der Waals surface area contributed by atoms with Gasteiger partial charge < -0.3 is 10.6 Å². The van der Waals surface area contributed by atoms with Crippen LogP contribution >= 0.6 is 15.9 Å². The molecule has 0 radical (unpaired) electrons. The maximum absolute atomic E-state index is 12.0. The molecule has 0 spiro atoms. The van der Waals surface area contributed by atoms with Crippen molar-refractivity contribution in [2.75, 3.05) is 5.32 Å². The molecule has 0 aliphatic carbocycles. The first-order valence-electron chi connectivity index (χ1n) is 6.71. The van der Waals surface area contributed by atoms with Gasteiger partial charge in [-0.15, -0.1) is 0 Å². The number of primary sulfonamides is 1. The minimum absolute atomic E-state index is 0.00837. The smallest absolute Gasteiger partial charge is 0.319 e. The summed E-state index contributed by atoms with van der Waals surface area (Å²) >= 11 is 3.39. The highest BCUT2D eigenvalue weighted by Crippen LogP contribution is 2.18. The predicted molar refractivity (Wildman–Crippen MR) is 92.5 cm³/mol. The quantitative estimate of drug-likeness (QED) is 0.738. The molecular formula is C15H16BrN3O3S. The summed E-state index contributed by atoms with van der Waals surface area (Å²) in [5.74, 6) is 0. The van der Waals surface area contributed by atoms with Crippen molar-refractivity contribution in [2.24, 2.45) is 5.14 Å². The van der Waals surface area contributed by atoms with E-state index in [-0.39, 0.29) is 17.0 Å². The van der Waals surface area contributed by atoms with Gasteiger partial charge in [0.1, 0.15) is 0 Å². The molecular weight excluding hydrogens is 382 g/mol. The number of benzene rings is 2. The van der Waals surface area contributed by atoms with Crippen LogP contribution in [-0.4, -0.2) is 14.4 Å². The molecule has 0 bridgehead atoms. The summed E-state index contributed by atoms with van der Waals surface area (Å²) in [6, 6.07) is 12.7. The average molecular weight is 398 g/mol. The van der Waals surface area contributed by atoms with Gasteiger partial charge in [-0.2, -0.15) is 0 Å². The Morgan fingerprint density at radius 3 is 2.39 bits per heavy atom. The zero-order chi connectivity index (χ0) is 17.0. The topological polar surface area (TPSA) is 101 Å². The lowest BCUT2D eigenvalue weighted by molar-refractivity contribution is 0.249. The summed E-state index contributed by atoms with van der Waals surface area (Å²) in [6.07, 6.45) is 0. The number of nitrogens with one attached hydrogen (secondary N) is 2. The molecule has 2 aromatic rings. The van der Waals surface area contributed by atoms with Crippen LogP contribution in [0.25, 0.3) is 0 Å². The van der Waals surface area contributed by atoms with Gasteiger partial charge in [-0.25, -0.2) is 18.4 Å². The third kappa shape index (κ3) is 5.05. The highest BCUT2D eigenvalue weighted by Gasteiger charge is 2.11. The van der Waals surface area contributed by atoms with Gasteiger partial charge in [-0.1, -0.05) is 28.1 Å². The number of rotatable bonds is 4. The Labute approximate surface area is 143 Å². The third-order valence-corrected chi connectivity index (χ3v) is 4.56. The van der Waals surface area contributed by atoms with Crippen molar-refractivity contribution in [3.63, 3.8) is 0 Å². The van der Waals surface area contributed by atoms with Gasteiger partial charge >= 0.3 is 6.03 Å². The summed E-state index contributed by atoms with van der Waals surface area (Å²) in [6.45, 7) is 1.87. The largest absolute Gasteiger partial charge is 0.331 e. The Bertz CT molecular complexity index is 807.